The fourth-order valence-electron chi connectivity index (χ4n) is 2.61. The summed E-state index contributed by atoms with van der Waals surface area (Å²) in [5.41, 5.74) is 6.43. The third kappa shape index (κ3) is 3.88. The monoisotopic (exact) mass is 346 g/mol. The van der Waals surface area contributed by atoms with Gasteiger partial charge in [-0.2, -0.15) is 0 Å². The third-order valence-corrected chi connectivity index (χ3v) is 4.38. The molecule has 1 heterocycles. The molecule has 0 unspecified atom stereocenters. The van der Waals surface area contributed by atoms with Crippen LogP contribution >= 0.6 is 0 Å². The normalized spacial score (nSPS) is 10.5. The van der Waals surface area contributed by atoms with E-state index in [0.717, 1.165) is 33.6 Å². The Hall–Kier alpha value is -3.21. The molecule has 5 nitrogen and oxygen atoms in total. The minimum Gasteiger partial charge on any atom is -0.324 e. The van der Waals surface area contributed by atoms with Gasteiger partial charge in [-0.1, -0.05) is 24.3 Å². The molecule has 2 N–H and O–H groups in total. The summed E-state index contributed by atoms with van der Waals surface area (Å²) in [4.78, 5) is 21.2. The standard InChI is InChI=1S/C21H22N4O/c1-13-8-9-15(3)19(12-13)25-21-22-11-10-18(24-21)20(26)23-17-7-5-6-14(2)16(17)4/h5-12H,1-4H3,(H,23,26)(H,22,24,25). The summed E-state index contributed by atoms with van der Waals surface area (Å²) in [6, 6.07) is 13.5. The summed E-state index contributed by atoms with van der Waals surface area (Å²) < 4.78 is 0. The summed E-state index contributed by atoms with van der Waals surface area (Å²) in [5, 5.41) is 6.11. The maximum absolute atomic E-state index is 12.6. The first-order chi connectivity index (χ1) is 12.4. The second-order valence-corrected chi connectivity index (χ2v) is 6.41. The van der Waals surface area contributed by atoms with Gasteiger partial charge in [-0.15, -0.1) is 0 Å². The number of benzene rings is 2. The van der Waals surface area contributed by atoms with E-state index in [4.69, 9.17) is 0 Å². The summed E-state index contributed by atoms with van der Waals surface area (Å²) in [6.07, 6.45) is 1.58. The predicted molar refractivity (Wildman–Crippen MR) is 105 cm³/mol. The SMILES string of the molecule is Cc1ccc(C)c(Nc2nccc(C(=O)Nc3cccc(C)c3C)n2)c1. The van der Waals surface area contributed by atoms with Crippen molar-refractivity contribution in [3.63, 3.8) is 0 Å². The quantitative estimate of drug-likeness (QED) is 0.718. The van der Waals surface area contributed by atoms with Crippen LogP contribution in [0.2, 0.25) is 0 Å². The first kappa shape index (κ1) is 17.6. The molecule has 0 aliphatic heterocycles. The van der Waals surface area contributed by atoms with Gasteiger partial charge in [-0.3, -0.25) is 4.79 Å². The van der Waals surface area contributed by atoms with Gasteiger partial charge in [0.05, 0.1) is 0 Å². The van der Waals surface area contributed by atoms with Crippen molar-refractivity contribution >= 4 is 23.2 Å². The van der Waals surface area contributed by atoms with Gasteiger partial charge < -0.3 is 10.6 Å². The first-order valence-corrected chi connectivity index (χ1v) is 8.49. The highest BCUT2D eigenvalue weighted by Crippen LogP contribution is 2.21. The van der Waals surface area contributed by atoms with Gasteiger partial charge >= 0.3 is 0 Å². The second kappa shape index (κ2) is 7.35. The minimum absolute atomic E-state index is 0.259. The Morgan fingerprint density at radius 1 is 0.923 bits per heavy atom. The van der Waals surface area contributed by atoms with E-state index in [1.807, 2.05) is 58.0 Å². The molecule has 0 radical (unpaired) electrons. The van der Waals surface area contributed by atoms with E-state index in [0.29, 0.717) is 11.6 Å². The van der Waals surface area contributed by atoms with Crippen molar-refractivity contribution in [2.45, 2.75) is 27.7 Å². The van der Waals surface area contributed by atoms with Crippen LogP contribution in [0.3, 0.4) is 0 Å². The van der Waals surface area contributed by atoms with Crippen LogP contribution in [-0.2, 0) is 0 Å². The van der Waals surface area contributed by atoms with Crippen molar-refractivity contribution in [2.24, 2.45) is 0 Å². The second-order valence-electron chi connectivity index (χ2n) is 6.41. The van der Waals surface area contributed by atoms with Gasteiger partial charge in [0.15, 0.2) is 0 Å². The van der Waals surface area contributed by atoms with Crippen LogP contribution in [0.5, 0.6) is 0 Å². The van der Waals surface area contributed by atoms with Crippen LogP contribution in [-0.4, -0.2) is 15.9 Å². The van der Waals surface area contributed by atoms with Crippen molar-refractivity contribution in [3.05, 3.63) is 76.6 Å². The molecule has 3 aromatic rings. The van der Waals surface area contributed by atoms with Gasteiger partial charge in [0.1, 0.15) is 5.69 Å². The molecule has 3 rings (SSSR count). The van der Waals surface area contributed by atoms with E-state index >= 15 is 0 Å². The van der Waals surface area contributed by atoms with Gasteiger partial charge in [0.25, 0.3) is 5.91 Å². The van der Waals surface area contributed by atoms with E-state index in [1.165, 1.54) is 0 Å². The van der Waals surface area contributed by atoms with Crippen molar-refractivity contribution < 1.29 is 4.79 Å². The third-order valence-electron chi connectivity index (χ3n) is 4.38. The zero-order valence-electron chi connectivity index (χ0n) is 15.4. The summed E-state index contributed by atoms with van der Waals surface area (Å²) in [5.74, 6) is 0.137. The average Bonchev–Trinajstić information content (AvgIpc) is 2.62. The number of aryl methyl sites for hydroxylation is 3. The average molecular weight is 346 g/mol. The van der Waals surface area contributed by atoms with Crippen LogP contribution in [0.15, 0.2) is 48.7 Å². The van der Waals surface area contributed by atoms with Crippen LogP contribution in [0.4, 0.5) is 17.3 Å². The summed E-state index contributed by atoms with van der Waals surface area (Å²) in [6.45, 7) is 8.04. The molecule has 26 heavy (non-hydrogen) atoms. The highest BCUT2D eigenvalue weighted by molar-refractivity contribution is 6.03. The number of nitrogens with zero attached hydrogens (tertiary/aromatic N) is 2. The van der Waals surface area contributed by atoms with E-state index in [-0.39, 0.29) is 5.91 Å². The van der Waals surface area contributed by atoms with Crippen LogP contribution < -0.4 is 10.6 Å². The fourth-order valence-corrected chi connectivity index (χ4v) is 2.61. The molecule has 0 aliphatic carbocycles. The van der Waals surface area contributed by atoms with Gasteiger partial charge in [-0.05, 0) is 68.1 Å². The van der Waals surface area contributed by atoms with Crippen LogP contribution in [0.25, 0.3) is 0 Å². The lowest BCUT2D eigenvalue weighted by Crippen LogP contribution is -2.15. The van der Waals surface area contributed by atoms with E-state index < -0.39 is 0 Å². The molecule has 0 atom stereocenters. The summed E-state index contributed by atoms with van der Waals surface area (Å²) in [7, 11) is 0. The maximum Gasteiger partial charge on any atom is 0.274 e. The van der Waals surface area contributed by atoms with E-state index in [1.54, 1.807) is 12.3 Å². The van der Waals surface area contributed by atoms with Crippen LogP contribution in [0.1, 0.15) is 32.7 Å². The minimum atomic E-state index is -0.259. The number of anilines is 3. The number of hydrogen-bond acceptors (Lipinski definition) is 4. The van der Waals surface area contributed by atoms with Gasteiger partial charge in [-0.25, -0.2) is 9.97 Å². The highest BCUT2D eigenvalue weighted by Gasteiger charge is 2.11. The first-order valence-electron chi connectivity index (χ1n) is 8.49. The molecule has 0 saturated heterocycles. The van der Waals surface area contributed by atoms with Gasteiger partial charge in [0.2, 0.25) is 5.95 Å². The van der Waals surface area contributed by atoms with Gasteiger partial charge in [0, 0.05) is 17.6 Å². The molecule has 0 saturated carbocycles. The van der Waals surface area contributed by atoms with E-state index in [9.17, 15) is 4.79 Å². The fraction of sp³-hybridized carbons (Fsp3) is 0.190. The molecule has 5 heteroatoms. The van der Waals surface area contributed by atoms with Crippen molar-refractivity contribution in [3.8, 4) is 0 Å². The van der Waals surface area contributed by atoms with Crippen molar-refractivity contribution in [1.82, 2.24) is 9.97 Å². The Labute approximate surface area is 153 Å². The Bertz CT molecular complexity index is 966. The smallest absolute Gasteiger partial charge is 0.274 e. The number of amides is 1. The number of carbonyl (C=O) groups is 1. The Morgan fingerprint density at radius 2 is 1.73 bits per heavy atom. The lowest BCUT2D eigenvalue weighted by Gasteiger charge is -2.11. The Kier molecular flexibility index (Phi) is 4.98. The Balaban J connectivity index is 1.81. The number of hydrogen-bond donors (Lipinski definition) is 2. The predicted octanol–water partition coefficient (Wildman–Crippen LogP) is 4.71. The molecule has 132 valence electrons. The molecule has 0 aliphatic rings. The number of rotatable bonds is 4. The number of nitrogens with one attached hydrogen (secondary N) is 2. The largest absolute Gasteiger partial charge is 0.324 e. The van der Waals surface area contributed by atoms with E-state index in [2.05, 4.69) is 26.7 Å². The topological polar surface area (TPSA) is 66.9 Å². The van der Waals surface area contributed by atoms with Crippen molar-refractivity contribution in [1.29, 1.82) is 0 Å². The van der Waals surface area contributed by atoms with Crippen molar-refractivity contribution in [2.75, 3.05) is 10.6 Å². The molecule has 0 spiro atoms. The molecular weight excluding hydrogens is 324 g/mol. The molecule has 1 aromatic heterocycles. The van der Waals surface area contributed by atoms with Crippen LogP contribution in [0, 0.1) is 27.7 Å². The lowest BCUT2D eigenvalue weighted by atomic mass is 10.1. The molecule has 2 aromatic carbocycles. The zero-order chi connectivity index (χ0) is 18.7. The Morgan fingerprint density at radius 3 is 2.54 bits per heavy atom. The molecule has 0 bridgehead atoms. The molecular formula is C21H22N4O. The molecule has 1 amide bonds. The lowest BCUT2D eigenvalue weighted by molar-refractivity contribution is 0.102. The number of carbonyl (C=O) groups excluding carboxylic acids is 1. The maximum atomic E-state index is 12.6. The highest BCUT2D eigenvalue weighted by atomic mass is 16.1. The number of aromatic nitrogens is 2. The zero-order valence-corrected chi connectivity index (χ0v) is 15.4. The molecule has 0 fully saturated rings. The summed E-state index contributed by atoms with van der Waals surface area (Å²) >= 11 is 0.